The predicted octanol–water partition coefficient (Wildman–Crippen LogP) is 14.1. The first-order valence-electron chi connectivity index (χ1n) is 18.1. The molecule has 0 radical (unpaired) electrons. The number of pyridine rings is 1. The van der Waals surface area contributed by atoms with Gasteiger partial charge in [0.2, 0.25) is 0 Å². The summed E-state index contributed by atoms with van der Waals surface area (Å²) in [4.78, 5) is 7.36. The minimum atomic E-state index is 0.0584. The number of benzene rings is 8. The highest BCUT2D eigenvalue weighted by atomic mass is 15.2. The molecule has 52 heavy (non-hydrogen) atoms. The first-order chi connectivity index (χ1) is 25.3. The summed E-state index contributed by atoms with van der Waals surface area (Å²) in [7, 11) is 0. The van der Waals surface area contributed by atoms with E-state index in [4.69, 9.17) is 4.98 Å². The molecule has 1 heterocycles. The highest BCUT2D eigenvalue weighted by Gasteiger charge is 2.21. The van der Waals surface area contributed by atoms with Crippen molar-refractivity contribution in [3.05, 3.63) is 181 Å². The van der Waals surface area contributed by atoms with Crippen molar-refractivity contribution < 1.29 is 0 Å². The van der Waals surface area contributed by atoms with E-state index in [0.717, 1.165) is 22.9 Å². The molecule has 0 bridgehead atoms. The summed E-state index contributed by atoms with van der Waals surface area (Å²) in [5.74, 6) is 0.894. The van der Waals surface area contributed by atoms with Crippen LogP contribution in [0.2, 0.25) is 0 Å². The molecule has 0 atom stereocenters. The molecule has 250 valence electrons. The van der Waals surface area contributed by atoms with Gasteiger partial charge in [-0.1, -0.05) is 142 Å². The summed E-state index contributed by atoms with van der Waals surface area (Å²) in [5, 5.41) is 9.87. The van der Waals surface area contributed by atoms with Crippen molar-refractivity contribution in [1.82, 2.24) is 4.98 Å². The highest BCUT2D eigenvalue weighted by Crippen LogP contribution is 2.47. The molecule has 0 aliphatic rings. The van der Waals surface area contributed by atoms with Crippen molar-refractivity contribution in [1.29, 1.82) is 0 Å². The summed E-state index contributed by atoms with van der Waals surface area (Å²) in [6.07, 6.45) is 0. The molecule has 0 amide bonds. The van der Waals surface area contributed by atoms with Crippen LogP contribution in [0, 0.1) is 6.92 Å². The number of rotatable bonds is 5. The molecule has 0 spiro atoms. The zero-order valence-corrected chi connectivity index (χ0v) is 30.1. The molecule has 1 aromatic heterocycles. The third-order valence-electron chi connectivity index (χ3n) is 10.4. The smallest absolute Gasteiger partial charge is 0.137 e. The number of aromatic nitrogens is 1. The molecule has 2 nitrogen and oxygen atoms in total. The molecule has 9 rings (SSSR count). The van der Waals surface area contributed by atoms with Crippen molar-refractivity contribution in [3.8, 4) is 22.3 Å². The molecule has 0 saturated heterocycles. The molecule has 0 fully saturated rings. The Kier molecular flexibility index (Phi) is 7.63. The maximum Gasteiger partial charge on any atom is 0.137 e. The maximum atomic E-state index is 5.06. The first kappa shape index (κ1) is 31.7. The van der Waals surface area contributed by atoms with E-state index >= 15 is 0 Å². The Morgan fingerprint density at radius 2 is 0.942 bits per heavy atom. The van der Waals surface area contributed by atoms with Crippen LogP contribution in [0.15, 0.2) is 170 Å². The summed E-state index contributed by atoms with van der Waals surface area (Å²) >= 11 is 0. The van der Waals surface area contributed by atoms with Crippen LogP contribution < -0.4 is 4.90 Å². The van der Waals surface area contributed by atoms with Gasteiger partial charge in [-0.05, 0) is 132 Å². The average molecular weight is 669 g/mol. The lowest BCUT2D eigenvalue weighted by Crippen LogP contribution is -2.14. The minimum Gasteiger partial charge on any atom is -0.295 e. The van der Waals surface area contributed by atoms with Crippen LogP contribution in [0.3, 0.4) is 0 Å². The molecule has 0 N–H and O–H groups in total. The van der Waals surface area contributed by atoms with Gasteiger partial charge in [-0.25, -0.2) is 4.98 Å². The van der Waals surface area contributed by atoms with Crippen molar-refractivity contribution in [3.63, 3.8) is 0 Å². The van der Waals surface area contributed by atoms with Gasteiger partial charge in [0, 0.05) is 17.1 Å². The van der Waals surface area contributed by atoms with E-state index < -0.39 is 0 Å². The van der Waals surface area contributed by atoms with E-state index in [1.54, 1.807) is 0 Å². The van der Waals surface area contributed by atoms with Gasteiger partial charge in [0.1, 0.15) is 5.82 Å². The van der Waals surface area contributed by atoms with E-state index in [1.165, 1.54) is 70.9 Å². The summed E-state index contributed by atoms with van der Waals surface area (Å²) < 4.78 is 0. The predicted molar refractivity (Wildman–Crippen MR) is 223 cm³/mol. The van der Waals surface area contributed by atoms with Crippen LogP contribution in [0.4, 0.5) is 17.2 Å². The van der Waals surface area contributed by atoms with E-state index in [0.29, 0.717) is 0 Å². The maximum absolute atomic E-state index is 5.06. The van der Waals surface area contributed by atoms with Gasteiger partial charge < -0.3 is 0 Å². The number of fused-ring (bicyclic) bond motifs is 4. The lowest BCUT2D eigenvalue weighted by molar-refractivity contribution is 0.590. The van der Waals surface area contributed by atoms with Crippen molar-refractivity contribution in [2.75, 3.05) is 4.90 Å². The van der Waals surface area contributed by atoms with E-state index in [1.807, 2.05) is 0 Å². The normalized spacial score (nSPS) is 11.8. The zero-order chi connectivity index (χ0) is 35.4. The van der Waals surface area contributed by atoms with Gasteiger partial charge >= 0.3 is 0 Å². The van der Waals surface area contributed by atoms with Crippen LogP contribution >= 0.6 is 0 Å². The van der Waals surface area contributed by atoms with Crippen LogP contribution in [0.25, 0.3) is 65.3 Å². The van der Waals surface area contributed by atoms with Gasteiger partial charge in [0.05, 0.1) is 0 Å². The first-order valence-corrected chi connectivity index (χ1v) is 18.1. The molecule has 0 unspecified atom stereocenters. The Bertz CT molecular complexity index is 2790. The zero-order valence-electron chi connectivity index (χ0n) is 30.1. The third-order valence-corrected chi connectivity index (χ3v) is 10.4. The van der Waals surface area contributed by atoms with Crippen molar-refractivity contribution in [2.45, 2.75) is 33.1 Å². The molecule has 0 saturated carbocycles. The second-order valence-electron chi connectivity index (χ2n) is 14.9. The Hall–Kier alpha value is -6.25. The fourth-order valence-electron chi connectivity index (χ4n) is 7.79. The number of nitrogens with zero attached hydrogens (tertiary/aromatic N) is 2. The largest absolute Gasteiger partial charge is 0.295 e. The quantitative estimate of drug-likeness (QED) is 0.170. The highest BCUT2D eigenvalue weighted by molar-refractivity contribution is 6.22. The lowest BCUT2D eigenvalue weighted by Gasteiger charge is -2.27. The van der Waals surface area contributed by atoms with Gasteiger partial charge in [-0.2, -0.15) is 0 Å². The second-order valence-corrected chi connectivity index (χ2v) is 14.9. The molecule has 8 aromatic carbocycles. The SMILES string of the molecule is Cc1cccc(N(c2ccc(C(C)(C)C)cc2)c2ccc3c(-c4ccc5ccccc5c4)c4ccccc4c(-c4ccc5ccccc5c4)c3c2)n1. The monoisotopic (exact) mass is 668 g/mol. The summed E-state index contributed by atoms with van der Waals surface area (Å²) in [6.45, 7) is 8.84. The number of anilines is 3. The average Bonchev–Trinajstić information content (AvgIpc) is 3.16. The third kappa shape index (κ3) is 5.58. The van der Waals surface area contributed by atoms with Crippen LogP contribution in [-0.2, 0) is 5.41 Å². The van der Waals surface area contributed by atoms with Gasteiger partial charge in [-0.15, -0.1) is 0 Å². The van der Waals surface area contributed by atoms with Gasteiger partial charge in [0.15, 0.2) is 0 Å². The Morgan fingerprint density at radius 3 is 1.52 bits per heavy atom. The fourth-order valence-corrected chi connectivity index (χ4v) is 7.79. The van der Waals surface area contributed by atoms with Crippen LogP contribution in [0.5, 0.6) is 0 Å². The van der Waals surface area contributed by atoms with Crippen molar-refractivity contribution >= 4 is 60.3 Å². The molecule has 2 heteroatoms. The van der Waals surface area contributed by atoms with Crippen LogP contribution in [0.1, 0.15) is 32.0 Å². The topological polar surface area (TPSA) is 16.1 Å². The fraction of sp³-hybridized carbons (Fsp3) is 0.100. The van der Waals surface area contributed by atoms with E-state index in [9.17, 15) is 0 Å². The summed E-state index contributed by atoms with van der Waals surface area (Å²) in [6, 6.07) is 62.2. The minimum absolute atomic E-state index is 0.0584. The van der Waals surface area contributed by atoms with Crippen molar-refractivity contribution in [2.24, 2.45) is 0 Å². The lowest BCUT2D eigenvalue weighted by atomic mass is 9.85. The van der Waals surface area contributed by atoms with Gasteiger partial charge in [0.25, 0.3) is 0 Å². The Labute approximate surface area is 305 Å². The van der Waals surface area contributed by atoms with E-state index in [-0.39, 0.29) is 5.41 Å². The summed E-state index contributed by atoms with van der Waals surface area (Å²) in [5.41, 5.74) is 9.40. The molecule has 0 aliphatic carbocycles. The van der Waals surface area contributed by atoms with E-state index in [2.05, 4.69) is 202 Å². The number of aryl methyl sites for hydroxylation is 1. The Morgan fingerprint density at radius 1 is 0.423 bits per heavy atom. The second kappa shape index (κ2) is 12.5. The number of hydrogen-bond acceptors (Lipinski definition) is 2. The Balaban J connectivity index is 1.37. The molecule has 0 aliphatic heterocycles. The molecular weight excluding hydrogens is 629 g/mol. The van der Waals surface area contributed by atoms with Crippen LogP contribution in [-0.4, -0.2) is 4.98 Å². The molecular formula is C50H40N2. The molecule has 9 aromatic rings. The van der Waals surface area contributed by atoms with Gasteiger partial charge in [-0.3, -0.25) is 4.90 Å². The number of hydrogen-bond donors (Lipinski definition) is 0. The standard InChI is InChI=1S/C50H40N2/c1-33-12-11-19-47(51-33)52(41-26-24-40(25-27-41)50(2,3)4)42-28-29-45-46(32-42)49(39-23-21-35-14-6-8-16-37(35)31-39)44-18-10-9-17-43(44)48(45)38-22-20-34-13-5-7-15-36(34)30-38/h5-32H,1-4H3.